The molecule has 0 saturated carbocycles. The lowest BCUT2D eigenvalue weighted by atomic mass is 10.2. The van der Waals surface area contributed by atoms with E-state index in [-0.39, 0.29) is 0 Å². The first kappa shape index (κ1) is 16.8. The van der Waals surface area contributed by atoms with Gasteiger partial charge in [0.1, 0.15) is 5.70 Å². The molecule has 0 aromatic heterocycles. The van der Waals surface area contributed by atoms with E-state index < -0.39 is 11.9 Å². The second kappa shape index (κ2) is 7.13. The number of hydrogen-bond acceptors (Lipinski definition) is 2. The molecule has 0 atom stereocenters. The Morgan fingerprint density at radius 3 is 2.26 bits per heavy atom. The van der Waals surface area contributed by atoms with Gasteiger partial charge in [-0.25, -0.2) is 0 Å². The summed E-state index contributed by atoms with van der Waals surface area (Å²) in [7, 11) is 0. The summed E-state index contributed by atoms with van der Waals surface area (Å²) in [4.78, 5) is 4.04. The number of benzene rings is 2. The van der Waals surface area contributed by atoms with E-state index in [9.17, 15) is 13.2 Å². The van der Waals surface area contributed by atoms with Crippen molar-refractivity contribution in [2.45, 2.75) is 20.0 Å². The molecule has 0 unspecified atom stereocenters. The Kier molecular flexibility index (Phi) is 5.21. The monoisotopic (exact) mass is 318 g/mol. The van der Waals surface area contributed by atoms with E-state index in [4.69, 9.17) is 0 Å². The summed E-state index contributed by atoms with van der Waals surface area (Å²) < 4.78 is 39.3. The molecule has 2 nitrogen and oxygen atoms in total. The van der Waals surface area contributed by atoms with Crippen LogP contribution in [0.5, 0.6) is 0 Å². The van der Waals surface area contributed by atoms with Crippen LogP contribution >= 0.6 is 0 Å². The summed E-state index contributed by atoms with van der Waals surface area (Å²) in [5.41, 5.74) is 2.01. The average Bonchev–Trinajstić information content (AvgIpc) is 2.45. The zero-order valence-electron chi connectivity index (χ0n) is 12.9. The first-order chi connectivity index (χ1) is 10.8. The van der Waals surface area contributed by atoms with Crippen molar-refractivity contribution in [1.82, 2.24) is 0 Å². The van der Waals surface area contributed by atoms with Gasteiger partial charge in [0.2, 0.25) is 0 Å². The maximum absolute atomic E-state index is 13.1. The van der Waals surface area contributed by atoms with E-state index in [2.05, 4.69) is 10.3 Å². The molecule has 0 fully saturated rings. The van der Waals surface area contributed by atoms with E-state index in [0.29, 0.717) is 11.4 Å². The molecule has 0 saturated heterocycles. The molecule has 0 aliphatic carbocycles. The molecule has 0 bridgehead atoms. The van der Waals surface area contributed by atoms with Crippen LogP contribution in [0.15, 0.2) is 65.3 Å². The SMILES string of the molecule is Cc1cccc(N=C/C=C(\Nc2cccc(C)c2)C(F)(F)F)c1. The molecule has 1 N–H and O–H groups in total. The van der Waals surface area contributed by atoms with Crippen molar-refractivity contribution >= 4 is 17.6 Å². The van der Waals surface area contributed by atoms with E-state index in [1.807, 2.05) is 26.0 Å². The number of aryl methyl sites for hydroxylation is 2. The van der Waals surface area contributed by atoms with Crippen molar-refractivity contribution in [3.63, 3.8) is 0 Å². The van der Waals surface area contributed by atoms with Gasteiger partial charge in [-0.05, 0) is 55.3 Å². The highest BCUT2D eigenvalue weighted by molar-refractivity contribution is 5.76. The van der Waals surface area contributed by atoms with E-state index >= 15 is 0 Å². The van der Waals surface area contributed by atoms with Crippen molar-refractivity contribution in [3.8, 4) is 0 Å². The molecule has 2 aromatic rings. The lowest BCUT2D eigenvalue weighted by Crippen LogP contribution is -2.19. The molecule has 0 amide bonds. The third kappa shape index (κ3) is 5.29. The minimum Gasteiger partial charge on any atom is -0.351 e. The van der Waals surface area contributed by atoms with Gasteiger partial charge < -0.3 is 5.32 Å². The second-order valence-corrected chi connectivity index (χ2v) is 5.19. The van der Waals surface area contributed by atoms with Crippen molar-refractivity contribution in [3.05, 3.63) is 71.4 Å². The number of alkyl halides is 3. The standard InChI is InChI=1S/C18H17F3N2/c1-13-5-3-7-15(11-13)22-10-9-17(18(19,20)21)23-16-8-4-6-14(2)12-16/h3-12,23H,1-2H3/b17-9-,22-10?. The third-order valence-corrected chi connectivity index (χ3v) is 3.07. The Bertz CT molecular complexity index is 731. The topological polar surface area (TPSA) is 24.4 Å². The summed E-state index contributed by atoms with van der Waals surface area (Å²) in [5.74, 6) is 0. The zero-order valence-corrected chi connectivity index (χ0v) is 12.9. The molecule has 0 heterocycles. The van der Waals surface area contributed by atoms with Crippen LogP contribution in [0.4, 0.5) is 24.5 Å². The van der Waals surface area contributed by atoms with Crippen LogP contribution in [-0.2, 0) is 0 Å². The van der Waals surface area contributed by atoms with E-state index in [1.54, 1.807) is 36.4 Å². The highest BCUT2D eigenvalue weighted by atomic mass is 19.4. The van der Waals surface area contributed by atoms with Gasteiger partial charge in [-0.3, -0.25) is 4.99 Å². The van der Waals surface area contributed by atoms with Crippen LogP contribution in [0.1, 0.15) is 11.1 Å². The van der Waals surface area contributed by atoms with E-state index in [1.165, 1.54) is 0 Å². The predicted octanol–water partition coefficient (Wildman–Crippen LogP) is 5.56. The Labute approximate surface area is 133 Å². The summed E-state index contributed by atoms with van der Waals surface area (Å²) in [6, 6.07) is 14.0. The van der Waals surface area contributed by atoms with Crippen LogP contribution in [0.3, 0.4) is 0 Å². The smallest absolute Gasteiger partial charge is 0.351 e. The first-order valence-electron chi connectivity index (χ1n) is 7.06. The number of anilines is 1. The highest BCUT2D eigenvalue weighted by Crippen LogP contribution is 2.27. The Hall–Kier alpha value is -2.56. The van der Waals surface area contributed by atoms with Gasteiger partial charge in [0, 0.05) is 11.9 Å². The Morgan fingerprint density at radius 1 is 1.00 bits per heavy atom. The number of hydrogen-bond donors (Lipinski definition) is 1. The molecule has 2 rings (SSSR count). The van der Waals surface area contributed by atoms with Gasteiger partial charge in [0.05, 0.1) is 5.69 Å². The largest absolute Gasteiger partial charge is 0.431 e. The number of rotatable bonds is 4. The summed E-state index contributed by atoms with van der Waals surface area (Å²) >= 11 is 0. The fourth-order valence-electron chi connectivity index (χ4n) is 1.99. The van der Waals surface area contributed by atoms with Gasteiger partial charge in [0.25, 0.3) is 0 Å². The Morgan fingerprint density at radius 2 is 1.65 bits per heavy atom. The predicted molar refractivity (Wildman–Crippen MR) is 88.3 cm³/mol. The number of aliphatic imine (C=N–C) groups is 1. The molecule has 0 aliphatic rings. The molecule has 0 spiro atoms. The van der Waals surface area contributed by atoms with Crippen LogP contribution in [0, 0.1) is 13.8 Å². The summed E-state index contributed by atoms with van der Waals surface area (Å²) in [6.45, 7) is 3.72. The maximum Gasteiger partial charge on any atom is 0.431 e. The van der Waals surface area contributed by atoms with E-state index in [0.717, 1.165) is 23.4 Å². The maximum atomic E-state index is 13.1. The van der Waals surface area contributed by atoms with Crippen molar-refractivity contribution in [2.75, 3.05) is 5.32 Å². The lowest BCUT2D eigenvalue weighted by molar-refractivity contribution is -0.0901. The van der Waals surface area contributed by atoms with Crippen molar-refractivity contribution < 1.29 is 13.2 Å². The zero-order chi connectivity index (χ0) is 16.9. The van der Waals surface area contributed by atoms with Crippen LogP contribution in [-0.4, -0.2) is 12.4 Å². The van der Waals surface area contributed by atoms with Crippen molar-refractivity contribution in [2.24, 2.45) is 4.99 Å². The van der Waals surface area contributed by atoms with Gasteiger partial charge in [0.15, 0.2) is 0 Å². The highest BCUT2D eigenvalue weighted by Gasteiger charge is 2.33. The molecule has 5 heteroatoms. The van der Waals surface area contributed by atoms with Crippen LogP contribution < -0.4 is 5.32 Å². The number of halogens is 3. The molecule has 23 heavy (non-hydrogen) atoms. The minimum absolute atomic E-state index is 0.387. The van der Waals surface area contributed by atoms with Gasteiger partial charge in [-0.2, -0.15) is 13.2 Å². The summed E-state index contributed by atoms with van der Waals surface area (Å²) in [5, 5.41) is 2.40. The van der Waals surface area contributed by atoms with Crippen LogP contribution in [0.2, 0.25) is 0 Å². The quantitative estimate of drug-likeness (QED) is 0.733. The molecule has 0 aliphatic heterocycles. The average molecular weight is 318 g/mol. The number of nitrogens with zero attached hydrogens (tertiary/aromatic N) is 1. The molecular weight excluding hydrogens is 301 g/mol. The summed E-state index contributed by atoms with van der Waals surface area (Å²) in [6.07, 6.45) is -2.40. The molecule has 0 radical (unpaired) electrons. The minimum atomic E-state index is -4.48. The lowest BCUT2D eigenvalue weighted by Gasteiger charge is -2.14. The normalized spacial score (nSPS) is 12.7. The Balaban J connectivity index is 2.21. The second-order valence-electron chi connectivity index (χ2n) is 5.19. The van der Waals surface area contributed by atoms with Gasteiger partial charge >= 0.3 is 6.18 Å². The van der Waals surface area contributed by atoms with Gasteiger partial charge in [-0.1, -0.05) is 24.3 Å². The molecule has 120 valence electrons. The third-order valence-electron chi connectivity index (χ3n) is 3.07. The molecule has 2 aromatic carbocycles. The fraction of sp³-hybridized carbons (Fsp3) is 0.167. The number of allylic oxidation sites excluding steroid dienone is 2. The fourth-order valence-corrected chi connectivity index (χ4v) is 1.99. The van der Waals surface area contributed by atoms with Gasteiger partial charge in [-0.15, -0.1) is 0 Å². The molecular formula is C18H17F3N2. The number of nitrogens with one attached hydrogen (secondary N) is 1. The van der Waals surface area contributed by atoms with Crippen LogP contribution in [0.25, 0.3) is 0 Å². The first-order valence-corrected chi connectivity index (χ1v) is 7.06. The van der Waals surface area contributed by atoms with Crippen molar-refractivity contribution in [1.29, 1.82) is 0 Å².